The first kappa shape index (κ1) is 24.0. The van der Waals surface area contributed by atoms with Gasteiger partial charge in [-0.2, -0.15) is 0 Å². The van der Waals surface area contributed by atoms with Crippen LogP contribution in [0.3, 0.4) is 0 Å². The van der Waals surface area contributed by atoms with Gasteiger partial charge in [0.15, 0.2) is 0 Å². The molecule has 0 bridgehead atoms. The molecule has 3 rings (SSSR count). The van der Waals surface area contributed by atoms with Gasteiger partial charge in [-0.15, -0.1) is 0 Å². The van der Waals surface area contributed by atoms with Crippen LogP contribution in [-0.2, 0) is 0 Å². The number of allylic oxidation sites excluding steroid dienone is 4. The van der Waals surface area contributed by atoms with Gasteiger partial charge >= 0.3 is 0 Å². The topological polar surface area (TPSA) is 0 Å². The van der Waals surface area contributed by atoms with Gasteiger partial charge in [0.1, 0.15) is 0 Å². The summed E-state index contributed by atoms with van der Waals surface area (Å²) in [6.07, 6.45) is 26.5. The molecule has 3 aliphatic rings. The first-order valence-electron chi connectivity index (χ1n) is 12.6. The Hall–Kier alpha value is 0.340. The highest BCUT2D eigenvalue weighted by Crippen LogP contribution is 2.67. The van der Waals surface area contributed by atoms with E-state index in [0.29, 0.717) is 10.3 Å². The zero-order valence-electron chi connectivity index (χ0n) is 20.3. The summed E-state index contributed by atoms with van der Waals surface area (Å²) in [5.74, 6) is 0.722. The van der Waals surface area contributed by atoms with E-state index in [1.54, 1.807) is 25.7 Å². The molecule has 29 heavy (non-hydrogen) atoms. The molecule has 0 amide bonds. The van der Waals surface area contributed by atoms with E-state index in [2.05, 4.69) is 65.8 Å². The predicted molar refractivity (Wildman–Crippen MR) is 138 cm³/mol. The van der Waals surface area contributed by atoms with Gasteiger partial charge in [-0.3, -0.25) is 0 Å². The molecule has 0 aromatic carbocycles. The lowest BCUT2D eigenvalue weighted by atomic mass is 9.99. The van der Waals surface area contributed by atoms with Crippen molar-refractivity contribution >= 4 is 15.8 Å². The molecule has 0 aliphatic heterocycles. The largest absolute Gasteiger partial charge is 0.0959 e. The molecule has 0 N–H and O–H groups in total. The number of hydrogen-bond donors (Lipinski definition) is 0. The molecule has 0 radical (unpaired) electrons. The lowest BCUT2D eigenvalue weighted by Crippen LogP contribution is -2.36. The fourth-order valence-electron chi connectivity index (χ4n) is 6.46. The van der Waals surface area contributed by atoms with Gasteiger partial charge in [-0.05, 0) is 59.1 Å². The minimum Gasteiger partial charge on any atom is -0.0959 e. The van der Waals surface area contributed by atoms with Gasteiger partial charge < -0.3 is 0 Å². The van der Waals surface area contributed by atoms with Crippen LogP contribution in [0.2, 0.25) is 0 Å². The summed E-state index contributed by atoms with van der Waals surface area (Å²) in [7, 11) is 0.0911. The smallest absolute Gasteiger partial charge is 0.00239 e. The fourth-order valence-corrected chi connectivity index (χ4v) is 15.6. The van der Waals surface area contributed by atoms with Crippen LogP contribution in [0.1, 0.15) is 106 Å². The summed E-state index contributed by atoms with van der Waals surface area (Å²) >= 11 is 0. The van der Waals surface area contributed by atoms with Gasteiger partial charge in [0.05, 0.1) is 0 Å². The Bertz CT molecular complexity index is 506. The van der Waals surface area contributed by atoms with Crippen LogP contribution >= 0.6 is 15.8 Å². The molecule has 2 fully saturated rings. The van der Waals surface area contributed by atoms with Crippen LogP contribution < -0.4 is 0 Å². The number of rotatable bonds is 6. The molecule has 1 unspecified atom stereocenters. The van der Waals surface area contributed by atoms with Gasteiger partial charge in [0.25, 0.3) is 0 Å². The summed E-state index contributed by atoms with van der Waals surface area (Å²) in [5, 5.41) is 0.885. The lowest BCUT2D eigenvalue weighted by molar-refractivity contribution is 0.479. The molecular weight excluding hydrogens is 386 g/mol. The predicted octanol–water partition coefficient (Wildman–Crippen LogP) is 9.32. The Kier molecular flexibility index (Phi) is 8.53. The monoisotopic (exact) mass is 434 g/mol. The average molecular weight is 435 g/mol. The first-order valence-corrected chi connectivity index (χ1v) is 15.7. The van der Waals surface area contributed by atoms with E-state index in [9.17, 15) is 0 Å². The zero-order valence-corrected chi connectivity index (χ0v) is 22.1. The molecule has 0 nitrogen and oxygen atoms in total. The normalized spacial score (nSPS) is 24.1. The summed E-state index contributed by atoms with van der Waals surface area (Å²) in [5.41, 5.74) is 3.05. The first-order chi connectivity index (χ1) is 13.7. The van der Waals surface area contributed by atoms with Crippen molar-refractivity contribution < 1.29 is 0 Å². The van der Waals surface area contributed by atoms with Crippen molar-refractivity contribution in [3.63, 3.8) is 0 Å². The van der Waals surface area contributed by atoms with E-state index in [1.165, 1.54) is 44.7 Å². The Morgan fingerprint density at radius 1 is 0.690 bits per heavy atom. The van der Waals surface area contributed by atoms with Crippen LogP contribution in [-0.4, -0.2) is 33.5 Å². The molecular formula is C27H48P2. The quantitative estimate of drug-likeness (QED) is 0.365. The van der Waals surface area contributed by atoms with Crippen molar-refractivity contribution in [3.05, 3.63) is 24.3 Å². The third kappa shape index (κ3) is 6.42. The molecule has 0 aromatic rings. The summed E-state index contributed by atoms with van der Waals surface area (Å²) in [4.78, 5) is 0. The highest BCUT2D eigenvalue weighted by atomic mass is 31.1. The van der Waals surface area contributed by atoms with Crippen LogP contribution in [0.15, 0.2) is 24.3 Å². The Morgan fingerprint density at radius 3 is 1.48 bits per heavy atom. The van der Waals surface area contributed by atoms with E-state index in [0.717, 1.165) is 22.9 Å². The van der Waals surface area contributed by atoms with Crippen molar-refractivity contribution in [3.8, 4) is 0 Å². The molecule has 0 spiro atoms. The van der Waals surface area contributed by atoms with Gasteiger partial charge in [0, 0.05) is 5.92 Å². The molecule has 2 heteroatoms. The Morgan fingerprint density at radius 2 is 1.10 bits per heavy atom. The molecule has 1 atom stereocenters. The van der Waals surface area contributed by atoms with E-state index in [1.807, 2.05) is 0 Å². The highest BCUT2D eigenvalue weighted by molar-refractivity contribution is 7.64. The second-order valence-corrected chi connectivity index (χ2v) is 18.8. The van der Waals surface area contributed by atoms with E-state index in [-0.39, 0.29) is 15.8 Å². The number of hydrogen-bond acceptors (Lipinski definition) is 0. The third-order valence-corrected chi connectivity index (χ3v) is 15.9. The maximum absolute atomic E-state index is 2.57. The van der Waals surface area contributed by atoms with Crippen molar-refractivity contribution in [1.29, 1.82) is 0 Å². The van der Waals surface area contributed by atoms with Gasteiger partial charge in [-0.25, -0.2) is 0 Å². The van der Waals surface area contributed by atoms with Crippen LogP contribution in [0.5, 0.6) is 0 Å². The second kappa shape index (κ2) is 10.3. The van der Waals surface area contributed by atoms with Crippen LogP contribution in [0.4, 0.5) is 0 Å². The standard InChI is InChI=1S/C27H48P2/c1-26(2,3)28(27(4,5)6)21-25(22-15-13-14-16-22)29(23-17-9-7-10-18-23)24-19-11-8-12-20-24/h13-16,22-25H,7-12,17-21H2,1-6H3. The van der Waals surface area contributed by atoms with Crippen molar-refractivity contribution in [1.82, 2.24) is 0 Å². The maximum atomic E-state index is 2.57. The molecule has 166 valence electrons. The maximum Gasteiger partial charge on any atom is 0.00239 e. The van der Waals surface area contributed by atoms with Crippen molar-refractivity contribution in [2.24, 2.45) is 5.92 Å². The van der Waals surface area contributed by atoms with E-state index >= 15 is 0 Å². The Labute approximate surface area is 185 Å². The van der Waals surface area contributed by atoms with Gasteiger partial charge in [-0.1, -0.05) is 120 Å². The van der Waals surface area contributed by atoms with Crippen LogP contribution in [0, 0.1) is 5.92 Å². The summed E-state index contributed by atoms with van der Waals surface area (Å²) < 4.78 is 0. The highest BCUT2D eigenvalue weighted by Gasteiger charge is 2.43. The average Bonchev–Trinajstić information content (AvgIpc) is 3.19. The molecule has 2 saturated carbocycles. The summed E-state index contributed by atoms with van der Waals surface area (Å²) in [6.45, 7) is 15.2. The van der Waals surface area contributed by atoms with Gasteiger partial charge in [0.2, 0.25) is 0 Å². The molecule has 0 aromatic heterocycles. The fraction of sp³-hybridized carbons (Fsp3) is 0.852. The zero-order chi connectivity index (χ0) is 21.1. The Balaban J connectivity index is 1.94. The second-order valence-electron chi connectivity index (χ2n) is 11.9. The SMILES string of the molecule is CC(C)(C)P(CC(C1C=CC=C1)P(C1CCCCC1)C1CCCCC1)C(C)(C)C. The lowest BCUT2D eigenvalue weighted by Gasteiger charge is -2.49. The van der Waals surface area contributed by atoms with Crippen molar-refractivity contribution in [2.75, 3.05) is 6.16 Å². The third-order valence-electron chi connectivity index (χ3n) is 7.59. The minimum absolute atomic E-state index is 0.0243. The van der Waals surface area contributed by atoms with Crippen molar-refractivity contribution in [2.45, 2.75) is 133 Å². The molecule has 0 saturated heterocycles. The van der Waals surface area contributed by atoms with Crippen LogP contribution in [0.25, 0.3) is 0 Å². The summed E-state index contributed by atoms with van der Waals surface area (Å²) in [6, 6.07) is 0. The molecule has 0 heterocycles. The van der Waals surface area contributed by atoms with E-state index < -0.39 is 0 Å². The van der Waals surface area contributed by atoms with E-state index in [4.69, 9.17) is 0 Å². The minimum atomic E-state index is -0.0243. The molecule has 3 aliphatic carbocycles.